The van der Waals surface area contributed by atoms with E-state index >= 15 is 0 Å². The fourth-order valence-corrected chi connectivity index (χ4v) is 3.72. The van der Waals surface area contributed by atoms with Gasteiger partial charge in [0.25, 0.3) is 10.2 Å². The van der Waals surface area contributed by atoms with Crippen LogP contribution < -0.4 is 0 Å². The summed E-state index contributed by atoms with van der Waals surface area (Å²) in [7, 11) is -3.57. The third-order valence-electron chi connectivity index (χ3n) is 3.07. The van der Waals surface area contributed by atoms with Crippen LogP contribution in [-0.4, -0.2) is 54.3 Å². The molecular formula is C11H20N2O4S. The lowest BCUT2D eigenvalue weighted by Crippen LogP contribution is -2.49. The molecule has 0 aromatic heterocycles. The Hall–Kier alpha value is -0.920. The molecule has 0 aromatic rings. The number of likely N-dealkylation sites (N-methyl/N-ethyl adjacent to an activating group) is 1. The zero-order chi connectivity index (χ0) is 13.8. The second kappa shape index (κ2) is 6.31. The predicted molar refractivity (Wildman–Crippen MR) is 68.3 cm³/mol. The minimum Gasteiger partial charge on any atom is -0.481 e. The van der Waals surface area contributed by atoms with Crippen LogP contribution in [0.1, 0.15) is 19.8 Å². The molecule has 6 nitrogen and oxygen atoms in total. The summed E-state index contributed by atoms with van der Waals surface area (Å²) >= 11 is 0. The highest BCUT2D eigenvalue weighted by Gasteiger charge is 2.34. The van der Waals surface area contributed by atoms with Gasteiger partial charge in [0.05, 0.1) is 5.92 Å². The molecule has 1 aliphatic rings. The second-order valence-electron chi connectivity index (χ2n) is 4.28. The molecule has 1 saturated heterocycles. The van der Waals surface area contributed by atoms with E-state index in [1.54, 1.807) is 6.92 Å². The first kappa shape index (κ1) is 15.1. The Labute approximate surface area is 108 Å². The second-order valence-corrected chi connectivity index (χ2v) is 6.21. The molecule has 1 heterocycles. The third kappa shape index (κ3) is 3.30. The Morgan fingerprint density at radius 2 is 2.28 bits per heavy atom. The average Bonchev–Trinajstić information content (AvgIpc) is 2.35. The van der Waals surface area contributed by atoms with E-state index in [9.17, 15) is 13.2 Å². The van der Waals surface area contributed by atoms with Crippen molar-refractivity contribution in [1.29, 1.82) is 0 Å². The molecule has 0 aliphatic carbocycles. The number of aliphatic carboxylic acids is 1. The van der Waals surface area contributed by atoms with E-state index in [-0.39, 0.29) is 13.1 Å². The minimum absolute atomic E-state index is 0.0608. The molecule has 0 aromatic carbocycles. The zero-order valence-corrected chi connectivity index (χ0v) is 11.4. The molecule has 1 atom stereocenters. The van der Waals surface area contributed by atoms with Crippen molar-refractivity contribution in [1.82, 2.24) is 8.61 Å². The lowest BCUT2D eigenvalue weighted by atomic mass is 10.0. The Morgan fingerprint density at radius 1 is 1.61 bits per heavy atom. The summed E-state index contributed by atoms with van der Waals surface area (Å²) in [4.78, 5) is 10.9. The summed E-state index contributed by atoms with van der Waals surface area (Å²) in [6.45, 7) is 6.32. The fraction of sp³-hybridized carbons (Fsp3) is 0.727. The molecule has 0 amide bonds. The summed E-state index contributed by atoms with van der Waals surface area (Å²) in [6, 6.07) is 0. The quantitative estimate of drug-likeness (QED) is 0.718. The van der Waals surface area contributed by atoms with Crippen LogP contribution in [0.2, 0.25) is 0 Å². The molecule has 18 heavy (non-hydrogen) atoms. The van der Waals surface area contributed by atoms with Crippen molar-refractivity contribution in [2.75, 3.05) is 26.2 Å². The van der Waals surface area contributed by atoms with Gasteiger partial charge in [0.1, 0.15) is 0 Å². The van der Waals surface area contributed by atoms with Crippen molar-refractivity contribution in [3.63, 3.8) is 0 Å². The predicted octanol–water partition coefficient (Wildman–Crippen LogP) is 0.536. The number of carboxylic acid groups (broad SMARTS) is 1. The molecule has 1 unspecified atom stereocenters. The summed E-state index contributed by atoms with van der Waals surface area (Å²) < 4.78 is 27.1. The fourth-order valence-electron chi connectivity index (χ4n) is 2.05. The Balaban J connectivity index is 2.83. The van der Waals surface area contributed by atoms with Crippen LogP contribution in [0.4, 0.5) is 0 Å². The number of piperidine rings is 1. The number of carbonyl (C=O) groups is 1. The Morgan fingerprint density at radius 3 is 2.78 bits per heavy atom. The van der Waals surface area contributed by atoms with Crippen molar-refractivity contribution in [2.24, 2.45) is 5.92 Å². The van der Waals surface area contributed by atoms with E-state index in [1.165, 1.54) is 14.7 Å². The van der Waals surface area contributed by atoms with Gasteiger partial charge >= 0.3 is 5.97 Å². The van der Waals surface area contributed by atoms with Crippen molar-refractivity contribution in [3.05, 3.63) is 12.7 Å². The maximum Gasteiger partial charge on any atom is 0.307 e. The normalized spacial score (nSPS) is 22.0. The van der Waals surface area contributed by atoms with Gasteiger partial charge in [-0.15, -0.1) is 6.58 Å². The van der Waals surface area contributed by atoms with Crippen LogP contribution in [-0.2, 0) is 15.0 Å². The first-order chi connectivity index (χ1) is 8.43. The highest BCUT2D eigenvalue weighted by Crippen LogP contribution is 2.21. The van der Waals surface area contributed by atoms with E-state index in [4.69, 9.17) is 5.11 Å². The number of carboxylic acids is 1. The van der Waals surface area contributed by atoms with Crippen LogP contribution in [0.3, 0.4) is 0 Å². The van der Waals surface area contributed by atoms with E-state index in [2.05, 4.69) is 6.58 Å². The van der Waals surface area contributed by atoms with Gasteiger partial charge in [0.2, 0.25) is 0 Å². The van der Waals surface area contributed by atoms with Crippen LogP contribution >= 0.6 is 0 Å². The van der Waals surface area contributed by atoms with Crippen molar-refractivity contribution in [3.8, 4) is 0 Å². The first-order valence-electron chi connectivity index (χ1n) is 6.02. The van der Waals surface area contributed by atoms with Crippen molar-refractivity contribution >= 4 is 16.2 Å². The Bertz CT molecular complexity index is 407. The minimum atomic E-state index is -3.57. The lowest BCUT2D eigenvalue weighted by Gasteiger charge is -2.33. The van der Waals surface area contributed by atoms with E-state index in [0.717, 1.165) is 0 Å². The van der Waals surface area contributed by atoms with Gasteiger partial charge in [0, 0.05) is 26.2 Å². The number of hydrogen-bond acceptors (Lipinski definition) is 3. The van der Waals surface area contributed by atoms with Crippen LogP contribution in [0.25, 0.3) is 0 Å². The summed E-state index contributed by atoms with van der Waals surface area (Å²) in [5.74, 6) is -1.53. The first-order valence-corrected chi connectivity index (χ1v) is 7.42. The lowest BCUT2D eigenvalue weighted by molar-refractivity contribution is -0.142. The van der Waals surface area contributed by atoms with Gasteiger partial charge in [-0.2, -0.15) is 17.0 Å². The highest BCUT2D eigenvalue weighted by molar-refractivity contribution is 7.86. The maximum atomic E-state index is 12.3. The molecule has 0 spiro atoms. The van der Waals surface area contributed by atoms with Crippen molar-refractivity contribution in [2.45, 2.75) is 19.8 Å². The van der Waals surface area contributed by atoms with Gasteiger partial charge in [0.15, 0.2) is 0 Å². The number of rotatable bonds is 6. The molecule has 0 saturated carbocycles. The molecule has 0 bridgehead atoms. The molecule has 1 N–H and O–H groups in total. The molecular weight excluding hydrogens is 256 g/mol. The van der Waals surface area contributed by atoms with Crippen LogP contribution in [0.5, 0.6) is 0 Å². The van der Waals surface area contributed by atoms with Crippen LogP contribution in [0, 0.1) is 5.92 Å². The van der Waals surface area contributed by atoms with E-state index in [1.807, 2.05) is 0 Å². The zero-order valence-electron chi connectivity index (χ0n) is 10.6. The standard InChI is InChI=1S/C11H20N2O4S/c1-3-7-12(4-2)18(16,17)13-8-5-6-10(9-13)11(14)15/h3,10H,1,4-9H2,2H3,(H,14,15). The van der Waals surface area contributed by atoms with Gasteiger partial charge < -0.3 is 5.11 Å². The summed E-state index contributed by atoms with van der Waals surface area (Å²) in [5.41, 5.74) is 0. The topological polar surface area (TPSA) is 77.9 Å². The van der Waals surface area contributed by atoms with Crippen LogP contribution in [0.15, 0.2) is 12.7 Å². The molecule has 7 heteroatoms. The number of nitrogens with zero attached hydrogens (tertiary/aromatic N) is 2. The smallest absolute Gasteiger partial charge is 0.307 e. The largest absolute Gasteiger partial charge is 0.481 e. The monoisotopic (exact) mass is 276 g/mol. The van der Waals surface area contributed by atoms with Gasteiger partial charge in [-0.05, 0) is 12.8 Å². The summed E-state index contributed by atoms with van der Waals surface area (Å²) in [5, 5.41) is 8.97. The maximum absolute atomic E-state index is 12.3. The molecule has 104 valence electrons. The molecule has 1 fully saturated rings. The van der Waals surface area contributed by atoms with Crippen molar-refractivity contribution < 1.29 is 18.3 Å². The van der Waals surface area contributed by atoms with E-state index < -0.39 is 22.1 Å². The highest BCUT2D eigenvalue weighted by atomic mass is 32.2. The van der Waals surface area contributed by atoms with Gasteiger partial charge in [-0.3, -0.25) is 4.79 Å². The summed E-state index contributed by atoms with van der Waals surface area (Å²) in [6.07, 6.45) is 2.65. The average molecular weight is 276 g/mol. The van der Waals surface area contributed by atoms with Gasteiger partial charge in [-0.25, -0.2) is 0 Å². The third-order valence-corrected chi connectivity index (χ3v) is 5.12. The molecule has 1 rings (SSSR count). The van der Waals surface area contributed by atoms with Gasteiger partial charge in [-0.1, -0.05) is 13.0 Å². The van der Waals surface area contributed by atoms with E-state index in [0.29, 0.717) is 25.9 Å². The SMILES string of the molecule is C=CCN(CC)S(=O)(=O)N1CCCC(C(=O)O)C1. The number of hydrogen-bond donors (Lipinski definition) is 1. The Kier molecular flexibility index (Phi) is 5.30. The molecule has 0 radical (unpaired) electrons. The molecule has 1 aliphatic heterocycles.